The van der Waals surface area contributed by atoms with Gasteiger partial charge in [-0.05, 0) is 60.1 Å². The van der Waals surface area contributed by atoms with E-state index in [0.29, 0.717) is 25.1 Å². The average molecular weight is 774 g/mol. The van der Waals surface area contributed by atoms with Crippen LogP contribution in [0.4, 0.5) is 9.59 Å². The van der Waals surface area contributed by atoms with E-state index >= 15 is 0 Å². The van der Waals surface area contributed by atoms with Crippen LogP contribution in [0, 0.1) is 24.2 Å². The molecule has 3 aromatic rings. The summed E-state index contributed by atoms with van der Waals surface area (Å²) in [5.41, 5.74) is 5.66. The number of urea groups is 1. The number of hydrogen-bond acceptors (Lipinski definition) is 9. The SMILES string of the molecule is CCC(C)C(C(=O)NC(Cc1ccccc1)C(O)CN(Cc1cccc(OC)c1)NC(=O)CC(C)(C)CNC(=O)OC)C1CNC(=O)N1Cc1cccc(C)n1. The Bertz CT molecular complexity index is 1760. The number of nitrogens with zero attached hydrogens (tertiary/aromatic N) is 3. The summed E-state index contributed by atoms with van der Waals surface area (Å²) in [4.78, 5) is 59.3. The molecule has 5 N–H and O–H groups in total. The van der Waals surface area contributed by atoms with Gasteiger partial charge in [-0.3, -0.25) is 20.0 Å². The lowest BCUT2D eigenvalue weighted by atomic mass is 9.83. The third kappa shape index (κ3) is 12.9. The van der Waals surface area contributed by atoms with Crippen LogP contribution < -0.4 is 26.1 Å². The van der Waals surface area contributed by atoms with E-state index in [1.807, 2.05) is 107 Å². The molecule has 14 nitrogen and oxygen atoms in total. The summed E-state index contributed by atoms with van der Waals surface area (Å²) >= 11 is 0. The van der Waals surface area contributed by atoms with Crippen molar-refractivity contribution in [3.63, 3.8) is 0 Å². The third-order valence-corrected chi connectivity index (χ3v) is 10.2. The molecular formula is C42H59N7O7. The van der Waals surface area contributed by atoms with Gasteiger partial charge in [-0.15, -0.1) is 0 Å². The maximum Gasteiger partial charge on any atom is 0.406 e. The Hall–Kier alpha value is -5.21. The summed E-state index contributed by atoms with van der Waals surface area (Å²) in [6.07, 6.45) is -0.669. The first-order chi connectivity index (χ1) is 26.7. The van der Waals surface area contributed by atoms with Gasteiger partial charge in [0.05, 0.1) is 50.6 Å². The zero-order chi connectivity index (χ0) is 40.8. The first kappa shape index (κ1) is 43.5. The third-order valence-electron chi connectivity index (χ3n) is 10.2. The molecule has 5 amide bonds. The second-order valence-corrected chi connectivity index (χ2v) is 15.4. The average Bonchev–Trinajstić information content (AvgIpc) is 3.51. The molecular weight excluding hydrogens is 715 g/mol. The summed E-state index contributed by atoms with van der Waals surface area (Å²) < 4.78 is 10.1. The smallest absolute Gasteiger partial charge is 0.406 e. The Morgan fingerprint density at radius 3 is 2.45 bits per heavy atom. The zero-order valence-electron chi connectivity index (χ0n) is 33.7. The van der Waals surface area contributed by atoms with E-state index in [2.05, 4.69) is 31.1 Å². The molecule has 4 rings (SSSR count). The quantitative estimate of drug-likeness (QED) is 0.105. The number of amides is 5. The fourth-order valence-corrected chi connectivity index (χ4v) is 7.01. The van der Waals surface area contributed by atoms with E-state index < -0.39 is 35.6 Å². The van der Waals surface area contributed by atoms with Crippen molar-refractivity contribution in [2.45, 2.75) is 85.2 Å². The van der Waals surface area contributed by atoms with Gasteiger partial charge in [0.1, 0.15) is 5.75 Å². The molecule has 1 aliphatic heterocycles. The zero-order valence-corrected chi connectivity index (χ0v) is 33.7. The van der Waals surface area contributed by atoms with Gasteiger partial charge in [0.2, 0.25) is 11.8 Å². The lowest BCUT2D eigenvalue weighted by Gasteiger charge is -2.36. The van der Waals surface area contributed by atoms with Crippen LogP contribution in [-0.2, 0) is 33.8 Å². The van der Waals surface area contributed by atoms with E-state index in [9.17, 15) is 24.3 Å². The lowest BCUT2D eigenvalue weighted by Crippen LogP contribution is -2.56. The number of carbonyl (C=O) groups excluding carboxylic acids is 4. The number of methoxy groups -OCH3 is 2. The molecule has 0 bridgehead atoms. The van der Waals surface area contributed by atoms with E-state index in [4.69, 9.17) is 4.74 Å². The van der Waals surface area contributed by atoms with Gasteiger partial charge < -0.3 is 35.4 Å². The van der Waals surface area contributed by atoms with Crippen LogP contribution in [0.1, 0.15) is 63.1 Å². The molecule has 304 valence electrons. The molecule has 1 saturated heterocycles. The molecule has 1 aromatic heterocycles. The van der Waals surface area contributed by atoms with Crippen LogP contribution >= 0.6 is 0 Å². The molecule has 2 heterocycles. The molecule has 5 atom stereocenters. The summed E-state index contributed by atoms with van der Waals surface area (Å²) in [5, 5.41) is 22.5. The minimum Gasteiger partial charge on any atom is -0.497 e. The maximum atomic E-state index is 14.6. The molecule has 0 spiro atoms. The normalized spacial score (nSPS) is 16.3. The first-order valence-corrected chi connectivity index (χ1v) is 19.2. The standard InChI is InChI=1S/C42H59N7O7/c1-8-28(2)38(35-23-43-40(53)49(35)25-32-18-12-14-29(3)45-32)39(52)46-34(21-30-15-10-9-11-16-30)36(50)26-48(24-31-17-13-19-33(20-31)55-6)47-37(51)22-42(4,5)27-44-41(54)56-7/h9-20,28,34-36,38,50H,8,21-27H2,1-7H3,(H,43,53)(H,44,54)(H,46,52)(H,47,51). The van der Waals surface area contributed by atoms with Gasteiger partial charge in [-0.25, -0.2) is 14.6 Å². The minimum absolute atomic E-state index is 0.0375. The number of hydrogen-bond donors (Lipinski definition) is 5. The predicted molar refractivity (Wildman–Crippen MR) is 213 cm³/mol. The van der Waals surface area contributed by atoms with Crippen molar-refractivity contribution in [1.29, 1.82) is 0 Å². The van der Waals surface area contributed by atoms with Crippen molar-refractivity contribution in [2.24, 2.45) is 17.3 Å². The van der Waals surface area contributed by atoms with Gasteiger partial charge in [-0.1, -0.05) is 82.6 Å². The number of aliphatic hydroxyl groups excluding tert-OH is 1. The molecule has 2 aromatic carbocycles. The number of alkyl carbamates (subject to hydrolysis) is 1. The number of rotatable bonds is 20. The minimum atomic E-state index is -1.15. The number of aliphatic hydroxyl groups is 1. The molecule has 0 radical (unpaired) electrons. The van der Waals surface area contributed by atoms with E-state index in [-0.39, 0.29) is 56.4 Å². The molecule has 14 heteroatoms. The summed E-state index contributed by atoms with van der Waals surface area (Å²) in [7, 11) is 2.85. The van der Waals surface area contributed by atoms with Crippen LogP contribution in [0.25, 0.3) is 0 Å². The van der Waals surface area contributed by atoms with Gasteiger partial charge >= 0.3 is 12.1 Å². The van der Waals surface area contributed by atoms with Crippen LogP contribution in [0.5, 0.6) is 5.75 Å². The highest BCUT2D eigenvalue weighted by Crippen LogP contribution is 2.28. The van der Waals surface area contributed by atoms with E-state index in [0.717, 1.165) is 22.5 Å². The number of aryl methyl sites for hydroxylation is 1. The van der Waals surface area contributed by atoms with Crippen molar-refractivity contribution in [3.05, 3.63) is 95.3 Å². The Morgan fingerprint density at radius 2 is 1.77 bits per heavy atom. The van der Waals surface area contributed by atoms with Crippen LogP contribution in [0.15, 0.2) is 72.8 Å². The Kier molecular flexibility index (Phi) is 16.0. The van der Waals surface area contributed by atoms with Crippen molar-refractivity contribution < 1.29 is 33.8 Å². The Labute approximate surface area is 330 Å². The number of carbonyl (C=O) groups is 4. The van der Waals surface area contributed by atoms with Crippen molar-refractivity contribution >= 4 is 23.9 Å². The number of ether oxygens (including phenoxy) is 2. The molecule has 0 saturated carbocycles. The topological polar surface area (TPSA) is 174 Å². The van der Waals surface area contributed by atoms with Crippen LogP contribution in [-0.4, -0.2) is 96.0 Å². The maximum absolute atomic E-state index is 14.6. The van der Waals surface area contributed by atoms with Crippen molar-refractivity contribution in [2.75, 3.05) is 33.9 Å². The lowest BCUT2D eigenvalue weighted by molar-refractivity contribution is -0.132. The van der Waals surface area contributed by atoms with Gasteiger partial charge in [0.25, 0.3) is 0 Å². The number of nitrogens with one attached hydrogen (secondary N) is 4. The first-order valence-electron chi connectivity index (χ1n) is 19.2. The van der Waals surface area contributed by atoms with E-state index in [1.165, 1.54) is 7.11 Å². The van der Waals surface area contributed by atoms with Gasteiger partial charge in [0, 0.05) is 38.3 Å². The molecule has 5 unspecified atom stereocenters. The Balaban J connectivity index is 1.60. The highest BCUT2D eigenvalue weighted by molar-refractivity contribution is 5.83. The number of aromatic nitrogens is 1. The largest absolute Gasteiger partial charge is 0.497 e. The highest BCUT2D eigenvalue weighted by atomic mass is 16.5. The monoisotopic (exact) mass is 773 g/mol. The van der Waals surface area contributed by atoms with Crippen molar-refractivity contribution in [3.8, 4) is 5.75 Å². The Morgan fingerprint density at radius 1 is 1.05 bits per heavy atom. The van der Waals surface area contributed by atoms with Crippen LogP contribution in [0.2, 0.25) is 0 Å². The second-order valence-electron chi connectivity index (χ2n) is 15.4. The van der Waals surface area contributed by atoms with Gasteiger partial charge in [0.15, 0.2) is 0 Å². The summed E-state index contributed by atoms with van der Waals surface area (Å²) in [6, 6.07) is 21.2. The second kappa shape index (κ2) is 20.6. The predicted octanol–water partition coefficient (Wildman–Crippen LogP) is 4.35. The van der Waals surface area contributed by atoms with Gasteiger partial charge in [-0.2, -0.15) is 0 Å². The molecule has 1 aliphatic rings. The fraction of sp³-hybridized carbons (Fsp3) is 0.500. The number of hydrazine groups is 1. The fourth-order valence-electron chi connectivity index (χ4n) is 7.01. The highest BCUT2D eigenvalue weighted by Gasteiger charge is 2.43. The summed E-state index contributed by atoms with van der Waals surface area (Å²) in [6.45, 7) is 10.6. The van der Waals surface area contributed by atoms with Crippen LogP contribution in [0.3, 0.4) is 0 Å². The molecule has 56 heavy (non-hydrogen) atoms. The van der Waals surface area contributed by atoms with Crippen molar-refractivity contribution in [1.82, 2.24) is 36.3 Å². The number of pyridine rings is 1. The number of benzene rings is 2. The molecule has 1 fully saturated rings. The van der Waals surface area contributed by atoms with E-state index in [1.54, 1.807) is 17.0 Å². The summed E-state index contributed by atoms with van der Waals surface area (Å²) in [5.74, 6) is -0.648. The molecule has 0 aliphatic carbocycles.